The Balaban J connectivity index is 2.46. The summed E-state index contributed by atoms with van der Waals surface area (Å²) in [4.78, 5) is -0.599. The van der Waals surface area contributed by atoms with E-state index in [-0.39, 0.29) is 9.79 Å². The minimum atomic E-state index is -4.11. The van der Waals surface area contributed by atoms with E-state index >= 15 is 0 Å². The zero-order valence-electron chi connectivity index (χ0n) is 11.7. The molecule has 0 aromatic heterocycles. The summed E-state index contributed by atoms with van der Waals surface area (Å²) < 4.78 is 50.1. The molecule has 8 heteroatoms. The molecule has 0 unspecified atom stereocenters. The normalized spacial score (nSPS) is 16.3. The van der Waals surface area contributed by atoms with E-state index in [1.807, 2.05) is 6.92 Å². The largest absolute Gasteiger partial charge is 0.262 e. The quantitative estimate of drug-likeness (QED) is 0.707. The first-order valence-electron chi connectivity index (χ1n) is 6.80. The number of hydrogen-bond acceptors (Lipinski definition) is 4. The van der Waals surface area contributed by atoms with Crippen LogP contribution in [0.25, 0.3) is 0 Å². The molecule has 0 spiro atoms. The van der Waals surface area contributed by atoms with Gasteiger partial charge in [0.05, 0.1) is 0 Å². The predicted octanol–water partition coefficient (Wildman–Crippen LogP) is 2.42. The Morgan fingerprint density at radius 1 is 1.14 bits per heavy atom. The first kappa shape index (κ1) is 16.7. The summed E-state index contributed by atoms with van der Waals surface area (Å²) >= 11 is 0. The molecule has 1 aromatic carbocycles. The second-order valence-electron chi connectivity index (χ2n) is 5.19. The molecular formula is C13H18ClNO4S2. The van der Waals surface area contributed by atoms with Gasteiger partial charge in [0.15, 0.2) is 0 Å². The van der Waals surface area contributed by atoms with Crippen molar-refractivity contribution < 1.29 is 16.8 Å². The van der Waals surface area contributed by atoms with E-state index in [2.05, 4.69) is 0 Å². The zero-order valence-corrected chi connectivity index (χ0v) is 14.1. The van der Waals surface area contributed by atoms with Crippen LogP contribution in [0.15, 0.2) is 34.1 Å². The van der Waals surface area contributed by atoms with Crippen molar-refractivity contribution in [2.45, 2.75) is 36.0 Å². The van der Waals surface area contributed by atoms with Crippen molar-refractivity contribution >= 4 is 29.8 Å². The lowest BCUT2D eigenvalue weighted by atomic mass is 10.4. The molecule has 118 valence electrons. The van der Waals surface area contributed by atoms with Crippen LogP contribution in [0, 0.1) is 5.92 Å². The molecule has 2 rings (SSSR count). The van der Waals surface area contributed by atoms with Crippen LogP contribution in [0.3, 0.4) is 0 Å². The summed E-state index contributed by atoms with van der Waals surface area (Å²) in [7, 11) is -2.62. The Labute approximate surface area is 130 Å². The number of sulfonamides is 1. The van der Waals surface area contributed by atoms with Crippen molar-refractivity contribution in [3.8, 4) is 0 Å². The molecule has 1 saturated carbocycles. The smallest absolute Gasteiger partial charge is 0.207 e. The molecule has 0 amide bonds. The van der Waals surface area contributed by atoms with Crippen LogP contribution in [-0.4, -0.2) is 34.2 Å². The van der Waals surface area contributed by atoms with Gasteiger partial charge in [-0.2, -0.15) is 4.31 Å². The third kappa shape index (κ3) is 3.97. The van der Waals surface area contributed by atoms with Crippen molar-refractivity contribution in [1.82, 2.24) is 4.31 Å². The summed E-state index contributed by atoms with van der Waals surface area (Å²) in [5, 5.41) is 0. The van der Waals surface area contributed by atoms with Gasteiger partial charge in [0.1, 0.15) is 9.79 Å². The molecule has 1 aromatic rings. The van der Waals surface area contributed by atoms with Gasteiger partial charge in [-0.1, -0.05) is 19.1 Å². The topological polar surface area (TPSA) is 71.5 Å². The van der Waals surface area contributed by atoms with Crippen molar-refractivity contribution in [3.63, 3.8) is 0 Å². The van der Waals surface area contributed by atoms with Crippen LogP contribution >= 0.6 is 10.7 Å². The highest BCUT2D eigenvalue weighted by Crippen LogP contribution is 2.33. The molecule has 5 nitrogen and oxygen atoms in total. The van der Waals surface area contributed by atoms with E-state index in [0.717, 1.165) is 12.8 Å². The van der Waals surface area contributed by atoms with Crippen LogP contribution in [0.1, 0.15) is 26.2 Å². The molecule has 1 aliphatic carbocycles. The molecule has 0 radical (unpaired) electrons. The predicted molar refractivity (Wildman–Crippen MR) is 81.3 cm³/mol. The Morgan fingerprint density at radius 3 is 2.19 bits per heavy atom. The summed E-state index contributed by atoms with van der Waals surface area (Å²) in [5.74, 6) is 0.381. The van der Waals surface area contributed by atoms with Crippen LogP contribution < -0.4 is 0 Å². The fourth-order valence-electron chi connectivity index (χ4n) is 2.15. The number of benzene rings is 1. The highest BCUT2D eigenvalue weighted by molar-refractivity contribution is 8.14. The lowest BCUT2D eigenvalue weighted by Gasteiger charge is -2.22. The van der Waals surface area contributed by atoms with Crippen molar-refractivity contribution in [1.29, 1.82) is 0 Å². The van der Waals surface area contributed by atoms with Gasteiger partial charge < -0.3 is 0 Å². The molecule has 0 atom stereocenters. The first-order valence-corrected chi connectivity index (χ1v) is 10.6. The van der Waals surface area contributed by atoms with E-state index in [1.54, 1.807) is 0 Å². The maximum atomic E-state index is 12.8. The number of hydrogen-bond donors (Lipinski definition) is 0. The van der Waals surface area contributed by atoms with Gasteiger partial charge in [-0.05, 0) is 37.3 Å². The molecule has 1 fully saturated rings. The first-order chi connectivity index (χ1) is 9.76. The third-order valence-electron chi connectivity index (χ3n) is 3.36. The second-order valence-corrected chi connectivity index (χ2v) is 9.63. The maximum Gasteiger partial charge on any atom is 0.262 e. The van der Waals surface area contributed by atoms with E-state index in [0.29, 0.717) is 25.4 Å². The lowest BCUT2D eigenvalue weighted by Crippen LogP contribution is -2.34. The van der Waals surface area contributed by atoms with Gasteiger partial charge in [-0.25, -0.2) is 16.8 Å². The zero-order chi connectivity index (χ0) is 15.7. The Kier molecular flexibility index (Phi) is 4.97. The average Bonchev–Trinajstić information content (AvgIpc) is 3.21. The Hall–Kier alpha value is -0.630. The number of rotatable bonds is 7. The van der Waals surface area contributed by atoms with Crippen molar-refractivity contribution in [3.05, 3.63) is 24.3 Å². The lowest BCUT2D eigenvalue weighted by molar-refractivity contribution is 0.394. The van der Waals surface area contributed by atoms with Gasteiger partial charge in [-0.15, -0.1) is 0 Å². The molecule has 0 bridgehead atoms. The molecule has 1 aliphatic rings. The Bertz CT molecular complexity index is 711. The summed E-state index contributed by atoms with van der Waals surface area (Å²) in [6.45, 7) is 2.70. The molecule has 0 aliphatic heterocycles. The highest BCUT2D eigenvalue weighted by atomic mass is 35.7. The van der Waals surface area contributed by atoms with Crippen LogP contribution in [-0.2, 0) is 19.1 Å². The molecule has 0 saturated heterocycles. The highest BCUT2D eigenvalue weighted by Gasteiger charge is 2.34. The van der Waals surface area contributed by atoms with Gasteiger partial charge in [0, 0.05) is 23.8 Å². The van der Waals surface area contributed by atoms with Crippen molar-refractivity contribution in [2.24, 2.45) is 5.92 Å². The Morgan fingerprint density at radius 2 is 1.71 bits per heavy atom. The molecular weight excluding hydrogens is 334 g/mol. The minimum absolute atomic E-state index is 0.242. The van der Waals surface area contributed by atoms with Crippen molar-refractivity contribution in [2.75, 3.05) is 13.1 Å². The van der Waals surface area contributed by atoms with Gasteiger partial charge in [-0.3, -0.25) is 0 Å². The fraction of sp³-hybridized carbons (Fsp3) is 0.538. The monoisotopic (exact) mass is 351 g/mol. The molecule has 21 heavy (non-hydrogen) atoms. The third-order valence-corrected chi connectivity index (χ3v) is 6.79. The van der Waals surface area contributed by atoms with Crippen LogP contribution in [0.4, 0.5) is 0 Å². The summed E-state index contributed by atoms with van der Waals surface area (Å²) in [6, 6.07) is 5.47. The van der Waals surface area contributed by atoms with Crippen LogP contribution in [0.2, 0.25) is 0 Å². The van der Waals surface area contributed by atoms with Gasteiger partial charge >= 0.3 is 0 Å². The SMILES string of the molecule is CCCN(CC1CC1)S(=O)(=O)c1ccccc1S(=O)(=O)Cl. The number of nitrogens with zero attached hydrogens (tertiary/aromatic N) is 1. The maximum absolute atomic E-state index is 12.8. The van der Waals surface area contributed by atoms with Crippen LogP contribution in [0.5, 0.6) is 0 Å². The summed E-state index contributed by atoms with van der Waals surface area (Å²) in [6.07, 6.45) is 2.71. The fourth-order valence-corrected chi connectivity index (χ4v) is 5.57. The standard InChI is InChI=1S/C13H18ClNO4S2/c1-2-9-15(10-11-7-8-11)21(18,19)13-6-4-3-5-12(13)20(14,16)17/h3-6,11H,2,7-10H2,1H3. The van der Waals surface area contributed by atoms with E-state index < -0.39 is 19.1 Å². The summed E-state index contributed by atoms with van der Waals surface area (Å²) in [5.41, 5.74) is 0. The molecule has 0 N–H and O–H groups in total. The van der Waals surface area contributed by atoms with E-state index in [1.165, 1.54) is 28.6 Å². The minimum Gasteiger partial charge on any atom is -0.207 e. The van der Waals surface area contributed by atoms with E-state index in [9.17, 15) is 16.8 Å². The van der Waals surface area contributed by atoms with Gasteiger partial charge in [0.2, 0.25) is 10.0 Å². The average molecular weight is 352 g/mol. The molecule has 0 heterocycles. The number of halogens is 1. The second kappa shape index (κ2) is 6.24. The van der Waals surface area contributed by atoms with E-state index in [4.69, 9.17) is 10.7 Å². The van der Waals surface area contributed by atoms with Gasteiger partial charge in [0.25, 0.3) is 9.05 Å².